The van der Waals surface area contributed by atoms with Gasteiger partial charge in [-0.05, 0) is 29.7 Å². The Balaban J connectivity index is 1.62. The third kappa shape index (κ3) is 5.25. The predicted octanol–water partition coefficient (Wildman–Crippen LogP) is 4.13. The number of carbonyl (C=O) groups is 1. The summed E-state index contributed by atoms with van der Waals surface area (Å²) in [5.74, 6) is 0.119. The van der Waals surface area contributed by atoms with Gasteiger partial charge >= 0.3 is 0 Å². The van der Waals surface area contributed by atoms with Crippen molar-refractivity contribution in [1.29, 1.82) is 0 Å². The van der Waals surface area contributed by atoms with Gasteiger partial charge in [-0.25, -0.2) is 0 Å². The Morgan fingerprint density at radius 1 is 0.938 bits per heavy atom. The summed E-state index contributed by atoms with van der Waals surface area (Å²) in [5.41, 5.74) is 4.19. The van der Waals surface area contributed by atoms with Crippen LogP contribution in [-0.2, 0) is 14.3 Å². The molecule has 0 spiro atoms. The highest BCUT2D eigenvalue weighted by Gasteiger charge is 2.27. The number of carbonyl (C=O) groups excluding carboxylic acids is 1. The van der Waals surface area contributed by atoms with Gasteiger partial charge in [0, 0.05) is 31.9 Å². The molecule has 0 aromatic heterocycles. The van der Waals surface area contributed by atoms with E-state index in [1.54, 1.807) is 0 Å². The van der Waals surface area contributed by atoms with E-state index in [1.807, 2.05) is 18.2 Å². The normalized spacial score (nSPS) is 18.8. The molecule has 6 heteroatoms. The molecule has 2 aliphatic heterocycles. The number of ether oxygens (including phenoxy) is 2. The lowest BCUT2D eigenvalue weighted by Gasteiger charge is -2.34. The standard InChI is InChI=1S/C26H35N3O3/c1-3-20(2)25(21-7-5-4-6-8-21)26(30)27-23-10-9-22(28-11-15-31-16-12-28)19-24(23)29-13-17-32-18-14-29/h4-10,19-20,25H,3,11-18H2,1-2H3,(H,27,30)/t20-,25-/m0/s1. The van der Waals surface area contributed by atoms with Gasteiger partial charge in [0.1, 0.15) is 0 Å². The molecule has 0 saturated carbocycles. The Morgan fingerprint density at radius 3 is 2.19 bits per heavy atom. The third-order valence-corrected chi connectivity index (χ3v) is 6.62. The summed E-state index contributed by atoms with van der Waals surface area (Å²) in [7, 11) is 0. The van der Waals surface area contributed by atoms with Crippen molar-refractivity contribution in [2.75, 3.05) is 67.7 Å². The lowest BCUT2D eigenvalue weighted by Crippen LogP contribution is -2.38. The summed E-state index contributed by atoms with van der Waals surface area (Å²) in [4.78, 5) is 18.2. The van der Waals surface area contributed by atoms with E-state index in [2.05, 4.69) is 59.3 Å². The van der Waals surface area contributed by atoms with Crippen molar-refractivity contribution in [1.82, 2.24) is 0 Å². The SMILES string of the molecule is CC[C@H](C)[C@H](C(=O)Nc1ccc(N2CCOCC2)cc1N1CCOCC1)c1ccccc1. The number of nitrogens with one attached hydrogen (secondary N) is 1. The van der Waals surface area contributed by atoms with E-state index in [1.165, 1.54) is 5.69 Å². The fraction of sp³-hybridized carbons (Fsp3) is 0.500. The fourth-order valence-corrected chi connectivity index (χ4v) is 4.55. The number of amides is 1. The zero-order valence-corrected chi connectivity index (χ0v) is 19.3. The molecular weight excluding hydrogens is 402 g/mol. The summed E-state index contributed by atoms with van der Waals surface area (Å²) >= 11 is 0. The van der Waals surface area contributed by atoms with E-state index >= 15 is 0 Å². The number of rotatable bonds is 7. The van der Waals surface area contributed by atoms with Gasteiger partial charge in [0.25, 0.3) is 0 Å². The fourth-order valence-electron chi connectivity index (χ4n) is 4.55. The summed E-state index contributed by atoms with van der Waals surface area (Å²) in [6.45, 7) is 10.6. The molecule has 2 atom stereocenters. The van der Waals surface area contributed by atoms with Crippen LogP contribution >= 0.6 is 0 Å². The van der Waals surface area contributed by atoms with Crippen molar-refractivity contribution in [3.05, 3.63) is 54.1 Å². The maximum absolute atomic E-state index is 13.6. The molecule has 0 aliphatic carbocycles. The molecule has 4 rings (SSSR count). The lowest BCUT2D eigenvalue weighted by molar-refractivity contribution is -0.118. The predicted molar refractivity (Wildman–Crippen MR) is 130 cm³/mol. The first kappa shape index (κ1) is 22.6. The van der Waals surface area contributed by atoms with E-state index < -0.39 is 0 Å². The molecule has 2 fully saturated rings. The van der Waals surface area contributed by atoms with Crippen LogP contribution in [-0.4, -0.2) is 58.5 Å². The van der Waals surface area contributed by atoms with Crippen LogP contribution in [0.15, 0.2) is 48.5 Å². The van der Waals surface area contributed by atoms with Crippen molar-refractivity contribution >= 4 is 23.0 Å². The van der Waals surface area contributed by atoms with Crippen molar-refractivity contribution in [3.63, 3.8) is 0 Å². The molecule has 2 aromatic carbocycles. The largest absolute Gasteiger partial charge is 0.378 e. The summed E-state index contributed by atoms with van der Waals surface area (Å²) in [6.07, 6.45) is 0.944. The first-order valence-electron chi connectivity index (χ1n) is 11.8. The molecule has 172 valence electrons. The zero-order valence-electron chi connectivity index (χ0n) is 19.3. The van der Waals surface area contributed by atoms with Gasteiger partial charge in [0.05, 0.1) is 43.7 Å². The van der Waals surface area contributed by atoms with Crippen LogP contribution in [0.1, 0.15) is 31.7 Å². The van der Waals surface area contributed by atoms with Crippen LogP contribution in [0.3, 0.4) is 0 Å². The van der Waals surface area contributed by atoms with Crippen molar-refractivity contribution < 1.29 is 14.3 Å². The highest BCUT2D eigenvalue weighted by atomic mass is 16.5. The summed E-state index contributed by atoms with van der Waals surface area (Å²) < 4.78 is 11.1. The van der Waals surface area contributed by atoms with Gasteiger partial charge in [-0.3, -0.25) is 4.79 Å². The molecule has 1 amide bonds. The third-order valence-electron chi connectivity index (χ3n) is 6.62. The second kappa shape index (κ2) is 10.8. The first-order valence-corrected chi connectivity index (χ1v) is 11.8. The quantitative estimate of drug-likeness (QED) is 0.706. The monoisotopic (exact) mass is 437 g/mol. The molecule has 0 radical (unpaired) electrons. The van der Waals surface area contributed by atoms with E-state index in [0.717, 1.165) is 62.8 Å². The Bertz CT molecular complexity index is 877. The van der Waals surface area contributed by atoms with Gasteiger partial charge in [-0.1, -0.05) is 50.6 Å². The molecule has 1 N–H and O–H groups in total. The van der Waals surface area contributed by atoms with Gasteiger partial charge in [-0.15, -0.1) is 0 Å². The maximum Gasteiger partial charge on any atom is 0.232 e. The van der Waals surface area contributed by atoms with Crippen LogP contribution in [0.4, 0.5) is 17.1 Å². The van der Waals surface area contributed by atoms with Gasteiger partial charge in [-0.2, -0.15) is 0 Å². The van der Waals surface area contributed by atoms with Crippen molar-refractivity contribution in [3.8, 4) is 0 Å². The topological polar surface area (TPSA) is 54.0 Å². The van der Waals surface area contributed by atoms with Crippen LogP contribution < -0.4 is 15.1 Å². The Hall–Kier alpha value is -2.57. The Morgan fingerprint density at radius 2 is 1.56 bits per heavy atom. The van der Waals surface area contributed by atoms with E-state index in [9.17, 15) is 4.79 Å². The highest BCUT2D eigenvalue weighted by molar-refractivity contribution is 5.99. The first-order chi connectivity index (χ1) is 15.7. The number of hydrogen-bond acceptors (Lipinski definition) is 5. The molecule has 2 aliphatic rings. The molecule has 0 bridgehead atoms. The second-order valence-electron chi connectivity index (χ2n) is 8.66. The molecule has 6 nitrogen and oxygen atoms in total. The smallest absolute Gasteiger partial charge is 0.232 e. The Labute approximate surface area is 191 Å². The zero-order chi connectivity index (χ0) is 22.3. The van der Waals surface area contributed by atoms with E-state index in [4.69, 9.17) is 9.47 Å². The summed E-state index contributed by atoms with van der Waals surface area (Å²) in [5, 5.41) is 3.29. The van der Waals surface area contributed by atoms with Crippen molar-refractivity contribution in [2.24, 2.45) is 5.92 Å². The van der Waals surface area contributed by atoms with Crippen LogP contribution in [0.25, 0.3) is 0 Å². The highest BCUT2D eigenvalue weighted by Crippen LogP contribution is 2.34. The lowest BCUT2D eigenvalue weighted by atomic mass is 9.85. The number of morpholine rings is 2. The summed E-state index contributed by atoms with van der Waals surface area (Å²) in [6, 6.07) is 16.5. The molecule has 32 heavy (non-hydrogen) atoms. The van der Waals surface area contributed by atoms with Crippen LogP contribution in [0, 0.1) is 5.92 Å². The second-order valence-corrected chi connectivity index (χ2v) is 8.66. The van der Waals surface area contributed by atoms with Gasteiger partial charge in [0.15, 0.2) is 0 Å². The Kier molecular flexibility index (Phi) is 7.66. The van der Waals surface area contributed by atoms with E-state index in [-0.39, 0.29) is 17.7 Å². The number of benzene rings is 2. The minimum Gasteiger partial charge on any atom is -0.378 e. The van der Waals surface area contributed by atoms with Crippen LogP contribution in [0.2, 0.25) is 0 Å². The molecule has 0 unspecified atom stereocenters. The minimum atomic E-state index is -0.183. The van der Waals surface area contributed by atoms with Crippen LogP contribution in [0.5, 0.6) is 0 Å². The van der Waals surface area contributed by atoms with Crippen molar-refractivity contribution in [2.45, 2.75) is 26.2 Å². The number of nitrogens with zero attached hydrogens (tertiary/aromatic N) is 2. The van der Waals surface area contributed by atoms with Gasteiger partial charge in [0.2, 0.25) is 5.91 Å². The average Bonchev–Trinajstić information content (AvgIpc) is 2.86. The number of hydrogen-bond donors (Lipinski definition) is 1. The van der Waals surface area contributed by atoms with Gasteiger partial charge < -0.3 is 24.6 Å². The average molecular weight is 438 g/mol. The molecular formula is C26H35N3O3. The number of anilines is 3. The van der Waals surface area contributed by atoms with E-state index in [0.29, 0.717) is 13.2 Å². The maximum atomic E-state index is 13.6. The molecule has 2 heterocycles. The molecule has 2 aromatic rings. The molecule has 2 saturated heterocycles. The minimum absolute atomic E-state index is 0.0548.